The molecule has 0 aliphatic heterocycles. The van der Waals surface area contributed by atoms with Crippen LogP contribution in [0.2, 0.25) is 0 Å². The highest BCUT2D eigenvalue weighted by molar-refractivity contribution is 7.99. The van der Waals surface area contributed by atoms with E-state index in [0.29, 0.717) is 34.8 Å². The Morgan fingerprint density at radius 1 is 1.04 bits per heavy atom. The first-order valence-electron chi connectivity index (χ1n) is 7.69. The standard InChI is InChI=1S/C17H20F2N2OS/c1-2-3-4-5-10-22-14-11-20-16(21-12-14)13-6-8-15(9-7-13)23-17(18)19/h6-9,11-12,17H,2-5,10H2,1H3. The number of thioether (sulfide) groups is 1. The van der Waals surface area contributed by atoms with E-state index in [1.807, 2.05) is 0 Å². The molecule has 0 unspecified atom stereocenters. The Bertz CT molecular complexity index is 576. The minimum Gasteiger partial charge on any atom is -0.490 e. The van der Waals surface area contributed by atoms with Crippen molar-refractivity contribution in [3.8, 4) is 17.1 Å². The number of alkyl halides is 2. The number of nitrogens with zero attached hydrogens (tertiary/aromatic N) is 2. The van der Waals surface area contributed by atoms with Gasteiger partial charge in [-0.2, -0.15) is 8.78 Å². The lowest BCUT2D eigenvalue weighted by Crippen LogP contribution is -1.99. The molecule has 2 rings (SSSR count). The highest BCUT2D eigenvalue weighted by Gasteiger charge is 2.06. The van der Waals surface area contributed by atoms with Gasteiger partial charge in [0, 0.05) is 10.5 Å². The van der Waals surface area contributed by atoms with E-state index < -0.39 is 5.76 Å². The highest BCUT2D eigenvalue weighted by Crippen LogP contribution is 2.27. The van der Waals surface area contributed by atoms with Crippen LogP contribution in [-0.4, -0.2) is 22.3 Å². The molecule has 23 heavy (non-hydrogen) atoms. The van der Waals surface area contributed by atoms with Gasteiger partial charge in [0.05, 0.1) is 19.0 Å². The number of aromatic nitrogens is 2. The van der Waals surface area contributed by atoms with Gasteiger partial charge in [0.2, 0.25) is 0 Å². The third-order valence-corrected chi connectivity index (χ3v) is 3.95. The number of hydrogen-bond donors (Lipinski definition) is 0. The van der Waals surface area contributed by atoms with Gasteiger partial charge in [-0.3, -0.25) is 0 Å². The molecule has 0 aliphatic carbocycles. The molecule has 124 valence electrons. The van der Waals surface area contributed by atoms with Gasteiger partial charge in [-0.15, -0.1) is 0 Å². The second-order valence-electron chi connectivity index (χ2n) is 5.05. The number of unbranched alkanes of at least 4 members (excludes halogenated alkanes) is 3. The summed E-state index contributed by atoms with van der Waals surface area (Å²) in [5, 5.41) is 0. The monoisotopic (exact) mass is 338 g/mol. The van der Waals surface area contributed by atoms with Crippen molar-refractivity contribution in [1.82, 2.24) is 9.97 Å². The van der Waals surface area contributed by atoms with Crippen LogP contribution in [0.25, 0.3) is 11.4 Å². The molecule has 6 heteroatoms. The topological polar surface area (TPSA) is 35.0 Å². The van der Waals surface area contributed by atoms with Crippen molar-refractivity contribution >= 4 is 11.8 Å². The summed E-state index contributed by atoms with van der Waals surface area (Å²) in [7, 11) is 0. The molecule has 0 aliphatic rings. The van der Waals surface area contributed by atoms with Crippen LogP contribution in [0.3, 0.4) is 0 Å². The Kier molecular flexibility index (Phi) is 7.26. The van der Waals surface area contributed by atoms with Crippen LogP contribution in [0, 0.1) is 0 Å². The molecule has 1 aromatic carbocycles. The average molecular weight is 338 g/mol. The van der Waals surface area contributed by atoms with Crippen LogP contribution in [-0.2, 0) is 0 Å². The molecule has 0 bridgehead atoms. The van der Waals surface area contributed by atoms with E-state index in [-0.39, 0.29) is 0 Å². The Balaban J connectivity index is 1.88. The molecule has 0 saturated carbocycles. The third-order valence-electron chi connectivity index (χ3n) is 3.23. The predicted octanol–water partition coefficient (Wildman–Crippen LogP) is 5.42. The zero-order chi connectivity index (χ0) is 16.5. The van der Waals surface area contributed by atoms with Crippen molar-refractivity contribution in [1.29, 1.82) is 0 Å². The summed E-state index contributed by atoms with van der Waals surface area (Å²) in [6, 6.07) is 6.78. The maximum atomic E-state index is 12.3. The molecule has 1 aromatic heterocycles. The zero-order valence-electron chi connectivity index (χ0n) is 13.0. The van der Waals surface area contributed by atoms with Crippen LogP contribution in [0.15, 0.2) is 41.6 Å². The second-order valence-corrected chi connectivity index (χ2v) is 6.12. The van der Waals surface area contributed by atoms with Crippen molar-refractivity contribution in [2.75, 3.05) is 6.61 Å². The van der Waals surface area contributed by atoms with Crippen LogP contribution in [0.4, 0.5) is 8.78 Å². The molecule has 0 fully saturated rings. The third kappa shape index (κ3) is 6.14. The Morgan fingerprint density at radius 3 is 2.35 bits per heavy atom. The summed E-state index contributed by atoms with van der Waals surface area (Å²) >= 11 is 0.525. The molecule has 3 nitrogen and oxygen atoms in total. The van der Waals surface area contributed by atoms with Crippen LogP contribution in [0.1, 0.15) is 32.6 Å². The zero-order valence-corrected chi connectivity index (χ0v) is 13.9. The van der Waals surface area contributed by atoms with E-state index in [0.717, 1.165) is 12.0 Å². The van der Waals surface area contributed by atoms with Gasteiger partial charge in [-0.1, -0.05) is 50.1 Å². The Hall–Kier alpha value is -1.69. The van der Waals surface area contributed by atoms with Crippen LogP contribution >= 0.6 is 11.8 Å². The lowest BCUT2D eigenvalue weighted by molar-refractivity contribution is 0.252. The first-order valence-corrected chi connectivity index (χ1v) is 8.57. The van der Waals surface area contributed by atoms with Gasteiger partial charge < -0.3 is 4.74 Å². The highest BCUT2D eigenvalue weighted by atomic mass is 32.2. The summed E-state index contributed by atoms with van der Waals surface area (Å²) in [6.45, 7) is 2.84. The van der Waals surface area contributed by atoms with E-state index in [1.165, 1.54) is 19.3 Å². The minimum atomic E-state index is -2.41. The van der Waals surface area contributed by atoms with Crippen molar-refractivity contribution < 1.29 is 13.5 Å². The predicted molar refractivity (Wildman–Crippen MR) is 89.0 cm³/mol. The van der Waals surface area contributed by atoms with Crippen molar-refractivity contribution in [3.63, 3.8) is 0 Å². The van der Waals surface area contributed by atoms with E-state index in [9.17, 15) is 8.78 Å². The molecule has 0 radical (unpaired) electrons. The number of hydrogen-bond acceptors (Lipinski definition) is 4. The van der Waals surface area contributed by atoms with Crippen LogP contribution in [0.5, 0.6) is 5.75 Å². The van der Waals surface area contributed by atoms with Gasteiger partial charge in [0.25, 0.3) is 5.76 Å². The van der Waals surface area contributed by atoms with E-state index in [2.05, 4.69) is 16.9 Å². The fourth-order valence-corrected chi connectivity index (χ4v) is 2.54. The molecule has 0 amide bonds. The molecule has 0 spiro atoms. The molecule has 2 aromatic rings. The van der Waals surface area contributed by atoms with Crippen molar-refractivity contribution in [2.45, 2.75) is 43.3 Å². The fraction of sp³-hybridized carbons (Fsp3) is 0.412. The lowest BCUT2D eigenvalue weighted by atomic mass is 10.2. The molecular weight excluding hydrogens is 318 g/mol. The van der Waals surface area contributed by atoms with Crippen LogP contribution < -0.4 is 4.74 Å². The lowest BCUT2D eigenvalue weighted by Gasteiger charge is -2.06. The summed E-state index contributed by atoms with van der Waals surface area (Å²) < 4.78 is 30.2. The first-order chi connectivity index (χ1) is 11.2. The summed E-state index contributed by atoms with van der Waals surface area (Å²) in [5.74, 6) is -1.21. The van der Waals surface area contributed by atoms with E-state index >= 15 is 0 Å². The Labute approximate surface area is 139 Å². The summed E-state index contributed by atoms with van der Waals surface area (Å²) in [6.07, 6.45) is 7.90. The van der Waals surface area contributed by atoms with Gasteiger partial charge in [-0.25, -0.2) is 9.97 Å². The van der Waals surface area contributed by atoms with Gasteiger partial charge in [-0.05, 0) is 18.6 Å². The number of ether oxygens (including phenoxy) is 1. The van der Waals surface area contributed by atoms with E-state index in [1.54, 1.807) is 36.7 Å². The maximum Gasteiger partial charge on any atom is 0.288 e. The maximum absolute atomic E-state index is 12.3. The number of benzene rings is 1. The molecule has 1 heterocycles. The summed E-state index contributed by atoms with van der Waals surface area (Å²) in [5.41, 5.74) is 0.790. The molecule has 0 N–H and O–H groups in total. The first kappa shape index (κ1) is 17.7. The normalized spacial score (nSPS) is 11.0. The Morgan fingerprint density at radius 2 is 1.74 bits per heavy atom. The number of rotatable bonds is 9. The molecule has 0 saturated heterocycles. The van der Waals surface area contributed by atoms with Crippen molar-refractivity contribution in [3.05, 3.63) is 36.7 Å². The SMILES string of the molecule is CCCCCCOc1cnc(-c2ccc(SC(F)F)cc2)nc1. The van der Waals surface area contributed by atoms with Crippen molar-refractivity contribution in [2.24, 2.45) is 0 Å². The van der Waals surface area contributed by atoms with E-state index in [4.69, 9.17) is 4.74 Å². The van der Waals surface area contributed by atoms with Gasteiger partial charge >= 0.3 is 0 Å². The fourth-order valence-electron chi connectivity index (χ4n) is 2.04. The van der Waals surface area contributed by atoms with Gasteiger partial charge in [0.15, 0.2) is 11.6 Å². The smallest absolute Gasteiger partial charge is 0.288 e. The average Bonchev–Trinajstić information content (AvgIpc) is 2.55. The number of halogens is 2. The largest absolute Gasteiger partial charge is 0.490 e. The minimum absolute atomic E-state index is 0.524. The quantitative estimate of drug-likeness (QED) is 0.452. The molecular formula is C17H20F2N2OS. The summed E-state index contributed by atoms with van der Waals surface area (Å²) in [4.78, 5) is 9.05. The van der Waals surface area contributed by atoms with Gasteiger partial charge in [0.1, 0.15) is 0 Å². The second kappa shape index (κ2) is 9.45. The molecule has 0 atom stereocenters.